The zero-order valence-corrected chi connectivity index (χ0v) is 11.1. The second-order valence-corrected chi connectivity index (χ2v) is 6.17. The molecule has 1 aliphatic rings. The van der Waals surface area contributed by atoms with Crippen LogP contribution in [0.3, 0.4) is 0 Å². The second-order valence-electron chi connectivity index (χ2n) is 4.27. The smallest absolute Gasteiger partial charge is 0.0688 e. The zero-order valence-electron chi connectivity index (χ0n) is 9.72. The molecule has 0 radical (unpaired) electrons. The van der Waals surface area contributed by atoms with E-state index >= 15 is 0 Å². The number of hydrogen-bond donors (Lipinski definition) is 0. The van der Waals surface area contributed by atoms with E-state index in [1.165, 1.54) is 38.5 Å². The van der Waals surface area contributed by atoms with Crippen LogP contribution in [0.25, 0.3) is 0 Å². The summed E-state index contributed by atoms with van der Waals surface area (Å²) < 4.78 is 5.97. The van der Waals surface area contributed by atoms with Gasteiger partial charge in [-0.25, -0.2) is 0 Å². The summed E-state index contributed by atoms with van der Waals surface area (Å²) in [5, 5.41) is 0.228. The van der Waals surface area contributed by atoms with Crippen LogP contribution in [0, 0.1) is 0 Å². The van der Waals surface area contributed by atoms with Crippen molar-refractivity contribution >= 4 is 9.52 Å². The molecule has 1 heterocycles. The fraction of sp³-hybridized carbons (Fsp3) is 0.833. The highest BCUT2D eigenvalue weighted by Gasteiger charge is 2.27. The highest BCUT2D eigenvalue weighted by molar-refractivity contribution is 6.38. The van der Waals surface area contributed by atoms with Gasteiger partial charge < -0.3 is 4.74 Å². The van der Waals surface area contributed by atoms with Gasteiger partial charge in [0.15, 0.2) is 0 Å². The van der Waals surface area contributed by atoms with Crippen LogP contribution in [-0.2, 0) is 4.74 Å². The molecule has 1 aliphatic heterocycles. The summed E-state index contributed by atoms with van der Waals surface area (Å²) in [6, 6.07) is 0. The molecule has 0 amide bonds. The van der Waals surface area contributed by atoms with Gasteiger partial charge >= 0.3 is 0 Å². The standard InChI is InChI=1S/C12H24OSi/c1-3-4-5-6-9-12(14-2)10-7-8-11-13-12/h6,9H,3-5,7-8,10-11,14H2,1-2H3. The monoisotopic (exact) mass is 212 g/mol. The van der Waals surface area contributed by atoms with Crippen LogP contribution in [0.1, 0.15) is 45.4 Å². The summed E-state index contributed by atoms with van der Waals surface area (Å²) >= 11 is 0. The van der Waals surface area contributed by atoms with Gasteiger partial charge in [0.1, 0.15) is 0 Å². The largest absolute Gasteiger partial charge is 0.375 e. The first-order valence-electron chi connectivity index (χ1n) is 6.14. The summed E-state index contributed by atoms with van der Waals surface area (Å²) in [4.78, 5) is 0. The van der Waals surface area contributed by atoms with Crippen molar-refractivity contribution in [3.8, 4) is 0 Å². The Morgan fingerprint density at radius 1 is 1.43 bits per heavy atom. The summed E-state index contributed by atoms with van der Waals surface area (Å²) in [6.07, 6.45) is 12.5. The predicted molar refractivity (Wildman–Crippen MR) is 65.6 cm³/mol. The van der Waals surface area contributed by atoms with E-state index in [9.17, 15) is 0 Å². The van der Waals surface area contributed by atoms with E-state index in [0.717, 1.165) is 6.61 Å². The molecule has 1 rings (SSSR count). The van der Waals surface area contributed by atoms with Gasteiger partial charge in [-0.1, -0.05) is 38.5 Å². The first-order valence-corrected chi connectivity index (χ1v) is 8.27. The Kier molecular flexibility index (Phi) is 5.49. The fourth-order valence-corrected chi connectivity index (χ4v) is 3.38. The molecule has 1 saturated heterocycles. The molecule has 82 valence electrons. The number of allylic oxidation sites excluding steroid dienone is 1. The molecule has 1 fully saturated rings. The lowest BCUT2D eigenvalue weighted by atomic mass is 10.1. The molecule has 0 aromatic rings. The van der Waals surface area contributed by atoms with E-state index in [1.54, 1.807) is 0 Å². The van der Waals surface area contributed by atoms with Gasteiger partial charge in [-0.2, -0.15) is 0 Å². The molecule has 0 N–H and O–H groups in total. The third kappa shape index (κ3) is 3.58. The van der Waals surface area contributed by atoms with Crippen molar-refractivity contribution in [3.05, 3.63) is 12.2 Å². The molecule has 1 atom stereocenters. The lowest BCUT2D eigenvalue weighted by Gasteiger charge is -2.34. The molecule has 0 saturated carbocycles. The number of rotatable bonds is 5. The molecular formula is C12H24OSi. The fourth-order valence-electron chi connectivity index (χ4n) is 2.02. The van der Waals surface area contributed by atoms with Crippen LogP contribution in [-0.4, -0.2) is 21.4 Å². The van der Waals surface area contributed by atoms with Gasteiger partial charge in [-0.3, -0.25) is 0 Å². The second kappa shape index (κ2) is 6.41. The van der Waals surface area contributed by atoms with E-state index in [0.29, 0.717) is 0 Å². The maximum atomic E-state index is 5.97. The molecule has 1 nitrogen and oxygen atoms in total. The average Bonchev–Trinajstić information content (AvgIpc) is 2.26. The third-order valence-electron chi connectivity index (χ3n) is 3.13. The van der Waals surface area contributed by atoms with Gasteiger partial charge in [0.25, 0.3) is 0 Å². The summed E-state index contributed by atoms with van der Waals surface area (Å²) in [7, 11) is -0.0819. The molecule has 0 aromatic heterocycles. The van der Waals surface area contributed by atoms with Gasteiger partial charge in [-0.15, -0.1) is 0 Å². The molecule has 14 heavy (non-hydrogen) atoms. The highest BCUT2D eigenvalue weighted by Crippen LogP contribution is 2.25. The number of hydrogen-bond acceptors (Lipinski definition) is 1. The Labute approximate surface area is 90.7 Å². The zero-order chi connectivity index (χ0) is 10.3. The SMILES string of the molecule is CCCCC=CC1([SiH2]C)CCCCO1. The van der Waals surface area contributed by atoms with E-state index < -0.39 is 0 Å². The Morgan fingerprint density at radius 3 is 2.86 bits per heavy atom. The van der Waals surface area contributed by atoms with E-state index in [4.69, 9.17) is 4.74 Å². The molecular weight excluding hydrogens is 188 g/mol. The number of unbranched alkanes of at least 4 members (excludes halogenated alkanes) is 2. The van der Waals surface area contributed by atoms with Crippen molar-refractivity contribution in [1.82, 2.24) is 0 Å². The van der Waals surface area contributed by atoms with Crippen LogP contribution in [0.5, 0.6) is 0 Å². The van der Waals surface area contributed by atoms with Crippen LogP contribution in [0.15, 0.2) is 12.2 Å². The van der Waals surface area contributed by atoms with Crippen molar-refractivity contribution < 1.29 is 4.74 Å². The minimum atomic E-state index is -0.0819. The molecule has 0 bridgehead atoms. The van der Waals surface area contributed by atoms with Crippen LogP contribution < -0.4 is 0 Å². The van der Waals surface area contributed by atoms with Crippen molar-refractivity contribution in [2.24, 2.45) is 0 Å². The Morgan fingerprint density at radius 2 is 2.29 bits per heavy atom. The highest BCUT2D eigenvalue weighted by atomic mass is 28.2. The molecule has 2 heteroatoms. The predicted octanol–water partition coefficient (Wildman–Crippen LogP) is 2.85. The average molecular weight is 212 g/mol. The molecule has 0 aromatic carbocycles. The minimum absolute atomic E-state index is 0.0819. The minimum Gasteiger partial charge on any atom is -0.375 e. The Bertz CT molecular complexity index is 171. The summed E-state index contributed by atoms with van der Waals surface area (Å²) in [5.74, 6) is 0. The summed E-state index contributed by atoms with van der Waals surface area (Å²) in [6.45, 7) is 5.60. The van der Waals surface area contributed by atoms with Gasteiger partial charge in [0, 0.05) is 6.61 Å². The quantitative estimate of drug-likeness (QED) is 0.387. The van der Waals surface area contributed by atoms with Crippen molar-refractivity contribution in [1.29, 1.82) is 0 Å². The number of ether oxygens (including phenoxy) is 1. The lowest BCUT2D eigenvalue weighted by Crippen LogP contribution is -2.39. The normalized spacial score (nSPS) is 29.3. The van der Waals surface area contributed by atoms with Crippen molar-refractivity contribution in [2.75, 3.05) is 6.61 Å². The Balaban J connectivity index is 2.39. The van der Waals surface area contributed by atoms with Gasteiger partial charge in [0.2, 0.25) is 0 Å². The maximum Gasteiger partial charge on any atom is 0.0688 e. The molecule has 0 spiro atoms. The van der Waals surface area contributed by atoms with E-state index in [1.807, 2.05) is 0 Å². The maximum absolute atomic E-state index is 5.97. The van der Waals surface area contributed by atoms with Crippen molar-refractivity contribution in [2.45, 2.75) is 57.2 Å². The van der Waals surface area contributed by atoms with Gasteiger partial charge in [0.05, 0.1) is 14.7 Å². The third-order valence-corrected chi connectivity index (χ3v) is 5.12. The first kappa shape index (κ1) is 12.0. The molecule has 1 unspecified atom stereocenters. The Hall–Kier alpha value is -0.0831. The summed E-state index contributed by atoms with van der Waals surface area (Å²) in [5.41, 5.74) is 0. The van der Waals surface area contributed by atoms with Crippen LogP contribution >= 0.6 is 0 Å². The van der Waals surface area contributed by atoms with E-state index in [2.05, 4.69) is 25.6 Å². The van der Waals surface area contributed by atoms with E-state index in [-0.39, 0.29) is 14.7 Å². The van der Waals surface area contributed by atoms with Crippen molar-refractivity contribution in [3.63, 3.8) is 0 Å². The molecule has 0 aliphatic carbocycles. The first-order chi connectivity index (χ1) is 6.83. The van der Waals surface area contributed by atoms with Crippen LogP contribution in [0.4, 0.5) is 0 Å². The lowest BCUT2D eigenvalue weighted by molar-refractivity contribution is 0.0129. The topological polar surface area (TPSA) is 9.23 Å². The van der Waals surface area contributed by atoms with Gasteiger partial charge in [-0.05, 0) is 25.7 Å². The van der Waals surface area contributed by atoms with Crippen LogP contribution in [0.2, 0.25) is 6.55 Å².